The summed E-state index contributed by atoms with van der Waals surface area (Å²) in [5, 5.41) is 10.9. The Morgan fingerprint density at radius 2 is 2.05 bits per heavy atom. The quantitative estimate of drug-likeness (QED) is 0.488. The first-order valence-corrected chi connectivity index (χ1v) is 5.86. The summed E-state index contributed by atoms with van der Waals surface area (Å²) in [5.74, 6) is 0.455. The Kier molecular flexibility index (Phi) is 3.91. The monoisotopic (exact) mass is 278 g/mol. The molecular formula is C12H11ClN4O2. The summed E-state index contributed by atoms with van der Waals surface area (Å²) in [4.78, 5) is 20.1. The van der Waals surface area contributed by atoms with Gasteiger partial charge in [0.15, 0.2) is 0 Å². The van der Waals surface area contributed by atoms with Crippen molar-refractivity contribution >= 4 is 23.1 Å². The minimum Gasteiger partial charge on any atom is -0.355 e. The number of hydrogen-bond acceptors (Lipinski definition) is 5. The first-order valence-electron chi connectivity index (χ1n) is 5.48. The number of nitrogens with zero attached hydrogens (tertiary/aromatic N) is 4. The molecule has 0 radical (unpaired) electrons. The van der Waals surface area contributed by atoms with Gasteiger partial charge in [-0.1, -0.05) is 11.6 Å². The maximum atomic E-state index is 10.8. The van der Waals surface area contributed by atoms with Gasteiger partial charge in [0.2, 0.25) is 0 Å². The smallest absolute Gasteiger partial charge is 0.276 e. The fourth-order valence-electron chi connectivity index (χ4n) is 1.61. The number of anilines is 1. The molecule has 0 aliphatic carbocycles. The number of rotatable bonds is 4. The van der Waals surface area contributed by atoms with Gasteiger partial charge in [-0.2, -0.15) is 0 Å². The lowest BCUT2D eigenvalue weighted by Crippen LogP contribution is -2.17. The molecule has 0 unspecified atom stereocenters. The van der Waals surface area contributed by atoms with Crippen molar-refractivity contribution in [3.8, 4) is 0 Å². The standard InChI is InChI=1S/C12H11ClN4O2/c1-16(8-9-2-4-14-5-3-9)12-7-10(17(18)19)6-11(13)15-12/h2-7H,8H2,1H3. The topological polar surface area (TPSA) is 72.2 Å². The third-order valence-electron chi connectivity index (χ3n) is 2.54. The second-order valence-corrected chi connectivity index (χ2v) is 4.36. The van der Waals surface area contributed by atoms with E-state index in [9.17, 15) is 10.1 Å². The molecule has 0 aromatic carbocycles. The van der Waals surface area contributed by atoms with Gasteiger partial charge in [-0.3, -0.25) is 15.1 Å². The molecule has 98 valence electrons. The summed E-state index contributed by atoms with van der Waals surface area (Å²) in [6.45, 7) is 0.563. The zero-order chi connectivity index (χ0) is 13.8. The van der Waals surface area contributed by atoms with Gasteiger partial charge in [0, 0.05) is 26.0 Å². The van der Waals surface area contributed by atoms with Gasteiger partial charge in [0.25, 0.3) is 5.69 Å². The van der Waals surface area contributed by atoms with Crippen LogP contribution in [0.25, 0.3) is 0 Å². The van der Waals surface area contributed by atoms with Crippen molar-refractivity contribution in [2.75, 3.05) is 11.9 Å². The fraction of sp³-hybridized carbons (Fsp3) is 0.167. The van der Waals surface area contributed by atoms with Crippen LogP contribution in [0.3, 0.4) is 0 Å². The zero-order valence-corrected chi connectivity index (χ0v) is 10.9. The Bertz CT molecular complexity index is 592. The predicted octanol–water partition coefficient (Wildman–Crippen LogP) is 2.67. The second kappa shape index (κ2) is 5.62. The highest BCUT2D eigenvalue weighted by Crippen LogP contribution is 2.23. The Morgan fingerprint density at radius 3 is 2.68 bits per heavy atom. The van der Waals surface area contributed by atoms with E-state index in [0.29, 0.717) is 12.4 Å². The Morgan fingerprint density at radius 1 is 1.37 bits per heavy atom. The van der Waals surface area contributed by atoms with Crippen LogP contribution in [0.4, 0.5) is 11.5 Å². The van der Waals surface area contributed by atoms with Crippen molar-refractivity contribution < 1.29 is 4.92 Å². The maximum Gasteiger partial charge on any atom is 0.276 e. The predicted molar refractivity (Wildman–Crippen MR) is 72.2 cm³/mol. The zero-order valence-electron chi connectivity index (χ0n) is 10.2. The van der Waals surface area contributed by atoms with Gasteiger partial charge in [0.05, 0.1) is 17.1 Å². The van der Waals surface area contributed by atoms with E-state index in [1.165, 1.54) is 12.1 Å². The van der Waals surface area contributed by atoms with Crippen LogP contribution in [0.15, 0.2) is 36.7 Å². The van der Waals surface area contributed by atoms with Gasteiger partial charge in [0.1, 0.15) is 11.0 Å². The van der Waals surface area contributed by atoms with Crippen LogP contribution in [0.1, 0.15) is 5.56 Å². The molecule has 0 N–H and O–H groups in total. The third kappa shape index (κ3) is 3.38. The summed E-state index contributed by atoms with van der Waals surface area (Å²) in [5.41, 5.74) is 0.957. The maximum absolute atomic E-state index is 10.8. The normalized spacial score (nSPS) is 10.2. The second-order valence-electron chi connectivity index (χ2n) is 3.97. The van der Waals surface area contributed by atoms with E-state index >= 15 is 0 Å². The average molecular weight is 279 g/mol. The van der Waals surface area contributed by atoms with Crippen LogP contribution in [0, 0.1) is 10.1 Å². The molecule has 2 heterocycles. The van der Waals surface area contributed by atoms with E-state index in [2.05, 4.69) is 9.97 Å². The number of halogens is 1. The lowest BCUT2D eigenvalue weighted by molar-refractivity contribution is -0.384. The van der Waals surface area contributed by atoms with E-state index in [0.717, 1.165) is 5.56 Å². The van der Waals surface area contributed by atoms with Crippen LogP contribution in [-0.4, -0.2) is 21.9 Å². The molecule has 0 saturated heterocycles. The van der Waals surface area contributed by atoms with E-state index in [1.54, 1.807) is 24.3 Å². The minimum atomic E-state index is -0.489. The van der Waals surface area contributed by atoms with Crippen LogP contribution in [0.2, 0.25) is 5.15 Å². The largest absolute Gasteiger partial charge is 0.355 e. The van der Waals surface area contributed by atoms with Gasteiger partial charge in [-0.25, -0.2) is 4.98 Å². The number of nitro groups is 1. The van der Waals surface area contributed by atoms with Crippen LogP contribution >= 0.6 is 11.6 Å². The molecule has 0 aliphatic rings. The third-order valence-corrected chi connectivity index (χ3v) is 2.73. The minimum absolute atomic E-state index is 0.0726. The van der Waals surface area contributed by atoms with Crippen LogP contribution < -0.4 is 4.90 Å². The molecule has 6 nitrogen and oxygen atoms in total. The molecular weight excluding hydrogens is 268 g/mol. The molecule has 2 rings (SSSR count). The average Bonchev–Trinajstić information content (AvgIpc) is 2.39. The molecule has 19 heavy (non-hydrogen) atoms. The lowest BCUT2D eigenvalue weighted by Gasteiger charge is -2.18. The summed E-state index contributed by atoms with van der Waals surface area (Å²) < 4.78 is 0. The van der Waals surface area contributed by atoms with E-state index in [1.807, 2.05) is 12.1 Å². The van der Waals surface area contributed by atoms with Gasteiger partial charge in [-0.15, -0.1) is 0 Å². The van der Waals surface area contributed by atoms with Crippen LogP contribution in [-0.2, 0) is 6.54 Å². The Hall–Kier alpha value is -2.21. The summed E-state index contributed by atoms with van der Waals surface area (Å²) in [6, 6.07) is 6.36. The van der Waals surface area contributed by atoms with Gasteiger partial charge < -0.3 is 4.90 Å². The first kappa shape index (κ1) is 13.2. The molecule has 0 spiro atoms. The summed E-state index contributed by atoms with van der Waals surface area (Å²) >= 11 is 5.79. The molecule has 2 aromatic rings. The van der Waals surface area contributed by atoms with Crippen molar-refractivity contribution in [1.29, 1.82) is 0 Å². The summed E-state index contributed by atoms with van der Waals surface area (Å²) in [7, 11) is 1.79. The first-order chi connectivity index (χ1) is 9.06. The molecule has 0 atom stereocenters. The van der Waals surface area contributed by atoms with Gasteiger partial charge >= 0.3 is 0 Å². The van der Waals surface area contributed by atoms with Crippen molar-refractivity contribution in [2.24, 2.45) is 0 Å². The highest BCUT2D eigenvalue weighted by atomic mass is 35.5. The van der Waals surface area contributed by atoms with Crippen molar-refractivity contribution in [2.45, 2.75) is 6.54 Å². The molecule has 0 aliphatic heterocycles. The number of pyridine rings is 2. The molecule has 0 saturated carbocycles. The Labute approximate surface area is 114 Å². The number of hydrogen-bond donors (Lipinski definition) is 0. The highest BCUT2D eigenvalue weighted by Gasteiger charge is 2.13. The molecule has 2 aromatic heterocycles. The van der Waals surface area contributed by atoms with E-state index in [-0.39, 0.29) is 10.8 Å². The van der Waals surface area contributed by atoms with Crippen LogP contribution in [0.5, 0.6) is 0 Å². The molecule has 0 amide bonds. The fourth-order valence-corrected chi connectivity index (χ4v) is 1.81. The highest BCUT2D eigenvalue weighted by molar-refractivity contribution is 6.29. The lowest BCUT2D eigenvalue weighted by atomic mass is 10.2. The van der Waals surface area contributed by atoms with Crippen molar-refractivity contribution in [3.05, 3.63) is 57.5 Å². The molecule has 0 bridgehead atoms. The van der Waals surface area contributed by atoms with Crippen molar-refractivity contribution in [3.63, 3.8) is 0 Å². The van der Waals surface area contributed by atoms with E-state index < -0.39 is 4.92 Å². The van der Waals surface area contributed by atoms with E-state index in [4.69, 9.17) is 11.6 Å². The number of aromatic nitrogens is 2. The summed E-state index contributed by atoms with van der Waals surface area (Å²) in [6.07, 6.45) is 3.38. The SMILES string of the molecule is CN(Cc1ccncc1)c1cc([N+](=O)[O-])cc(Cl)n1. The molecule has 0 fully saturated rings. The van der Waals surface area contributed by atoms with Crippen molar-refractivity contribution in [1.82, 2.24) is 9.97 Å². The van der Waals surface area contributed by atoms with Gasteiger partial charge in [-0.05, 0) is 17.7 Å². The molecule has 7 heteroatoms. The Balaban J connectivity index is 2.24.